The molecule has 2 aromatic heterocycles. The number of ether oxygens (including phenoxy) is 3. The van der Waals surface area contributed by atoms with Gasteiger partial charge in [-0.15, -0.1) is 0 Å². The Morgan fingerprint density at radius 2 is 1.78 bits per heavy atom. The van der Waals surface area contributed by atoms with Gasteiger partial charge in [-0.2, -0.15) is 5.10 Å². The molecule has 0 saturated heterocycles. The van der Waals surface area contributed by atoms with Crippen LogP contribution in [0.5, 0.6) is 11.5 Å². The number of aliphatic hydroxyl groups excluding tert-OH is 1. The molecule has 0 spiro atoms. The summed E-state index contributed by atoms with van der Waals surface area (Å²) in [5.74, 6) is -0.602. The van der Waals surface area contributed by atoms with E-state index in [0.717, 1.165) is 25.7 Å². The number of carboxylic acids is 1. The van der Waals surface area contributed by atoms with Gasteiger partial charge in [-0.25, -0.2) is 4.79 Å². The first-order valence-corrected chi connectivity index (χ1v) is 12.7. The smallest absolute Gasteiger partial charge is 0.338 e. The average Bonchev–Trinajstić information content (AvgIpc) is 3.52. The monoisotopic (exact) mass is 511 g/mol. The van der Waals surface area contributed by atoms with Gasteiger partial charge < -0.3 is 24.4 Å². The Morgan fingerprint density at radius 1 is 1.14 bits per heavy atom. The number of aliphatic hydroxyl groups is 1. The number of rotatable bonds is 12. The summed E-state index contributed by atoms with van der Waals surface area (Å²) < 4.78 is 19.4. The van der Waals surface area contributed by atoms with Gasteiger partial charge in [0.25, 0.3) is 0 Å². The van der Waals surface area contributed by atoms with Crippen molar-refractivity contribution in [3.05, 3.63) is 47.3 Å². The van der Waals surface area contributed by atoms with E-state index in [1.54, 1.807) is 23.0 Å². The molecular weight excluding hydrogens is 478 g/mol. The summed E-state index contributed by atoms with van der Waals surface area (Å²) in [5.41, 5.74) is 1.59. The van der Waals surface area contributed by atoms with E-state index >= 15 is 0 Å². The van der Waals surface area contributed by atoms with E-state index < -0.39 is 18.2 Å². The summed E-state index contributed by atoms with van der Waals surface area (Å²) in [6.07, 6.45) is 5.17. The third-order valence-corrected chi connectivity index (χ3v) is 6.45. The number of hydrogen-bond acceptors (Lipinski definition) is 8. The van der Waals surface area contributed by atoms with E-state index in [2.05, 4.69) is 10.1 Å². The lowest BCUT2D eigenvalue weighted by Crippen LogP contribution is -2.31. The Balaban J connectivity index is 1.72. The number of fused-ring (bicyclic) bond motifs is 1. The number of aromatic carboxylic acids is 1. The molecule has 0 bridgehead atoms. The van der Waals surface area contributed by atoms with E-state index in [-0.39, 0.29) is 29.5 Å². The molecule has 0 radical (unpaired) electrons. The molecule has 2 atom stereocenters. The molecule has 3 aromatic rings. The third kappa shape index (κ3) is 5.91. The van der Waals surface area contributed by atoms with Crippen molar-refractivity contribution < 1.29 is 34.0 Å². The Kier molecular flexibility index (Phi) is 8.40. The highest BCUT2D eigenvalue weighted by Crippen LogP contribution is 2.36. The number of nitrogens with zero attached hydrogens (tertiary/aromatic N) is 3. The number of pyridine rings is 1. The molecule has 1 aliphatic carbocycles. The SMILES string of the molecule is CCOc1cc(C(O)C(Cn2cc3nccc(C(=O)O)c3n2)OC2CCCC2)cc(OCC)c1C(C)=O. The zero-order valence-electron chi connectivity index (χ0n) is 21.3. The van der Waals surface area contributed by atoms with E-state index in [1.807, 2.05) is 13.8 Å². The number of aromatic nitrogens is 3. The Morgan fingerprint density at radius 3 is 2.35 bits per heavy atom. The molecule has 10 nitrogen and oxygen atoms in total. The molecule has 1 saturated carbocycles. The molecule has 2 unspecified atom stereocenters. The zero-order chi connectivity index (χ0) is 26.5. The second-order valence-electron chi connectivity index (χ2n) is 9.09. The number of carboxylic acid groups (broad SMARTS) is 1. The second-order valence-corrected chi connectivity index (χ2v) is 9.09. The molecule has 2 heterocycles. The first-order valence-electron chi connectivity index (χ1n) is 12.7. The standard InChI is InChI=1S/C27H33N3O7/c1-4-35-21-12-17(13-22(36-5-2)24(21)16(3)31)26(32)23(37-18-8-6-7-9-18)15-30-14-20-25(29-30)19(27(33)34)10-11-28-20/h10-14,18,23,26,32H,4-9,15H2,1-3H3,(H,33,34). The third-order valence-electron chi connectivity index (χ3n) is 6.45. The Labute approximate surface area is 215 Å². The van der Waals surface area contributed by atoms with Gasteiger partial charge in [-0.1, -0.05) is 12.8 Å². The van der Waals surface area contributed by atoms with Crippen molar-refractivity contribution in [2.75, 3.05) is 13.2 Å². The van der Waals surface area contributed by atoms with Crippen molar-refractivity contribution in [3.8, 4) is 11.5 Å². The van der Waals surface area contributed by atoms with Gasteiger partial charge in [0, 0.05) is 6.20 Å². The zero-order valence-corrected chi connectivity index (χ0v) is 21.3. The number of ketones is 1. The maximum Gasteiger partial charge on any atom is 0.338 e. The van der Waals surface area contributed by atoms with Crippen LogP contribution in [0.2, 0.25) is 0 Å². The molecule has 4 rings (SSSR count). The second kappa shape index (κ2) is 11.7. The van der Waals surface area contributed by atoms with Crippen LogP contribution in [0.25, 0.3) is 11.0 Å². The predicted octanol–water partition coefficient (Wildman–Crippen LogP) is 4.19. The number of carbonyl (C=O) groups excluding carboxylic acids is 1. The maximum atomic E-state index is 12.4. The van der Waals surface area contributed by atoms with Gasteiger partial charge in [0.1, 0.15) is 40.3 Å². The van der Waals surface area contributed by atoms with Gasteiger partial charge in [0.05, 0.1) is 37.6 Å². The largest absolute Gasteiger partial charge is 0.493 e. The van der Waals surface area contributed by atoms with Crippen molar-refractivity contribution >= 4 is 22.8 Å². The lowest BCUT2D eigenvalue weighted by Gasteiger charge is -2.28. The summed E-state index contributed by atoms with van der Waals surface area (Å²) in [6.45, 7) is 5.93. The lowest BCUT2D eigenvalue weighted by molar-refractivity contribution is -0.0845. The van der Waals surface area contributed by atoms with Gasteiger partial charge >= 0.3 is 5.97 Å². The molecule has 1 fully saturated rings. The lowest BCUT2D eigenvalue weighted by atomic mass is 9.99. The minimum atomic E-state index is -1.10. The minimum absolute atomic E-state index is 0.00782. The van der Waals surface area contributed by atoms with Crippen LogP contribution in [0.4, 0.5) is 0 Å². The summed E-state index contributed by atoms with van der Waals surface area (Å²) in [4.78, 5) is 28.2. The number of carbonyl (C=O) groups is 2. The highest BCUT2D eigenvalue weighted by molar-refractivity contribution is 6.00. The predicted molar refractivity (Wildman–Crippen MR) is 135 cm³/mol. The van der Waals surface area contributed by atoms with Crippen molar-refractivity contribution in [1.29, 1.82) is 0 Å². The normalized spacial score (nSPS) is 15.6. The van der Waals surface area contributed by atoms with Gasteiger partial charge in [-0.3, -0.25) is 14.5 Å². The van der Waals surface area contributed by atoms with Gasteiger partial charge in [0.15, 0.2) is 5.78 Å². The van der Waals surface area contributed by atoms with Crippen molar-refractivity contribution in [3.63, 3.8) is 0 Å². The molecule has 10 heteroatoms. The topological polar surface area (TPSA) is 133 Å². The molecule has 0 amide bonds. The molecule has 2 N–H and O–H groups in total. The first kappa shape index (κ1) is 26.6. The van der Waals surface area contributed by atoms with E-state index in [4.69, 9.17) is 14.2 Å². The Bertz CT molecular complexity index is 1240. The summed E-state index contributed by atoms with van der Waals surface area (Å²) >= 11 is 0. The average molecular weight is 512 g/mol. The molecule has 37 heavy (non-hydrogen) atoms. The van der Waals surface area contributed by atoms with Crippen LogP contribution in [0.3, 0.4) is 0 Å². The first-order chi connectivity index (χ1) is 17.8. The molecule has 1 aromatic carbocycles. The van der Waals surface area contributed by atoms with Crippen molar-refractivity contribution in [2.24, 2.45) is 0 Å². The van der Waals surface area contributed by atoms with Crippen LogP contribution in [0, 0.1) is 0 Å². The fourth-order valence-electron chi connectivity index (χ4n) is 4.79. The fraction of sp³-hybridized carbons (Fsp3) is 0.481. The molecular formula is C27H33N3O7. The van der Waals surface area contributed by atoms with Crippen molar-refractivity contribution in [1.82, 2.24) is 14.8 Å². The highest BCUT2D eigenvalue weighted by Gasteiger charge is 2.30. The fourth-order valence-corrected chi connectivity index (χ4v) is 4.79. The van der Waals surface area contributed by atoms with Crippen LogP contribution in [-0.2, 0) is 11.3 Å². The van der Waals surface area contributed by atoms with Crippen LogP contribution in [-0.4, -0.2) is 62.2 Å². The van der Waals surface area contributed by atoms with Gasteiger partial charge in [-0.05, 0) is 57.4 Å². The van der Waals surface area contributed by atoms with Gasteiger partial charge in [0.2, 0.25) is 0 Å². The highest BCUT2D eigenvalue weighted by atomic mass is 16.5. The summed E-state index contributed by atoms with van der Waals surface area (Å²) in [6, 6.07) is 4.72. The quantitative estimate of drug-likeness (QED) is 0.343. The molecule has 198 valence electrons. The van der Waals surface area contributed by atoms with E-state index in [0.29, 0.717) is 41.4 Å². The summed E-state index contributed by atoms with van der Waals surface area (Å²) in [5, 5.41) is 25.5. The number of hydrogen-bond donors (Lipinski definition) is 2. The van der Waals surface area contributed by atoms with Crippen LogP contribution in [0.1, 0.15) is 78.8 Å². The number of benzene rings is 1. The maximum absolute atomic E-state index is 12.4. The van der Waals surface area contributed by atoms with Crippen LogP contribution in [0.15, 0.2) is 30.6 Å². The van der Waals surface area contributed by atoms with Crippen molar-refractivity contribution in [2.45, 2.75) is 71.3 Å². The number of Topliss-reactive ketones (excluding diaryl/α,β-unsaturated/α-hetero) is 1. The molecule has 1 aliphatic rings. The Hall–Kier alpha value is -3.50. The minimum Gasteiger partial charge on any atom is -0.493 e. The van der Waals surface area contributed by atoms with Crippen LogP contribution < -0.4 is 9.47 Å². The summed E-state index contributed by atoms with van der Waals surface area (Å²) in [7, 11) is 0. The molecule has 0 aliphatic heterocycles. The van der Waals surface area contributed by atoms with E-state index in [9.17, 15) is 19.8 Å². The van der Waals surface area contributed by atoms with E-state index in [1.165, 1.54) is 19.2 Å². The van der Waals surface area contributed by atoms with Crippen LogP contribution >= 0.6 is 0 Å².